The Kier molecular flexibility index (Phi) is 9.50. The normalized spacial score (nSPS) is 17.4. The highest BCUT2D eigenvalue weighted by molar-refractivity contribution is 8.26. The van der Waals surface area contributed by atoms with Gasteiger partial charge in [0.1, 0.15) is 28.3 Å². The molecule has 0 radical (unpaired) electrons. The number of pyridine rings is 1. The largest absolute Gasteiger partial charge is 0.480 e. The predicted octanol–water partition coefficient (Wildman–Crippen LogP) is 2.89. The number of nitrogens with zero attached hydrogens (tertiary/aromatic N) is 4. The van der Waals surface area contributed by atoms with Gasteiger partial charge in [0.25, 0.3) is 11.5 Å². The van der Waals surface area contributed by atoms with Crippen LogP contribution in [0.3, 0.4) is 0 Å². The summed E-state index contributed by atoms with van der Waals surface area (Å²) in [6.07, 6.45) is 4.22. The topological polar surface area (TPSA) is 133 Å². The minimum atomic E-state index is -1.18. The lowest BCUT2D eigenvalue weighted by Crippen LogP contribution is -2.41. The van der Waals surface area contributed by atoms with E-state index in [0.29, 0.717) is 62.4 Å². The average Bonchev–Trinajstić information content (AvgIpc) is 3.12. The predicted molar refractivity (Wildman–Crippen MR) is 144 cm³/mol. The fourth-order valence-corrected chi connectivity index (χ4v) is 5.74. The number of aliphatic carboxylic acids is 1. The highest BCUT2D eigenvalue weighted by Crippen LogP contribution is 2.37. The molecular weight excluding hydrogens is 516 g/mol. The van der Waals surface area contributed by atoms with Crippen LogP contribution in [0.15, 0.2) is 9.70 Å². The van der Waals surface area contributed by atoms with Gasteiger partial charge in [0.15, 0.2) is 0 Å². The van der Waals surface area contributed by atoms with E-state index < -0.39 is 24.0 Å². The van der Waals surface area contributed by atoms with Crippen LogP contribution in [0.2, 0.25) is 0 Å². The van der Waals surface area contributed by atoms with E-state index in [2.05, 4.69) is 0 Å². The summed E-state index contributed by atoms with van der Waals surface area (Å²) in [4.78, 5) is 53.1. The Labute approximate surface area is 224 Å². The van der Waals surface area contributed by atoms with Crippen LogP contribution < -0.4 is 10.5 Å². The van der Waals surface area contributed by atoms with Gasteiger partial charge in [0, 0.05) is 25.2 Å². The summed E-state index contributed by atoms with van der Waals surface area (Å²) in [6.45, 7) is 6.57. The smallest absolute Gasteiger partial charge is 0.323 e. The number of carbonyl (C=O) groups is 3. The van der Waals surface area contributed by atoms with Crippen molar-refractivity contribution in [3.05, 3.63) is 31.9 Å². The summed E-state index contributed by atoms with van der Waals surface area (Å²) in [5, 5.41) is 19.0. The molecule has 1 aromatic rings. The number of ether oxygens (including phenoxy) is 1. The molecule has 0 unspecified atom stereocenters. The van der Waals surface area contributed by atoms with Crippen LogP contribution in [-0.2, 0) is 25.7 Å². The molecule has 0 atom stereocenters. The quantitative estimate of drug-likeness (QED) is 0.280. The van der Waals surface area contributed by atoms with Gasteiger partial charge in [-0.2, -0.15) is 5.26 Å². The lowest BCUT2D eigenvalue weighted by molar-refractivity contribution is -0.148. The second kappa shape index (κ2) is 12.4. The molecule has 2 aliphatic heterocycles. The van der Waals surface area contributed by atoms with Crippen molar-refractivity contribution in [1.82, 2.24) is 9.47 Å². The van der Waals surface area contributed by atoms with Gasteiger partial charge < -0.3 is 14.7 Å². The Morgan fingerprint density at radius 3 is 2.51 bits per heavy atom. The minimum absolute atomic E-state index is 0.00599. The van der Waals surface area contributed by atoms with Crippen LogP contribution in [0.5, 0.6) is 0 Å². The third kappa shape index (κ3) is 6.05. The number of carboxylic acid groups (broad SMARTS) is 1. The van der Waals surface area contributed by atoms with Crippen LogP contribution in [0.1, 0.15) is 56.2 Å². The molecule has 0 saturated carbocycles. The Balaban J connectivity index is 2.13. The van der Waals surface area contributed by atoms with E-state index in [0.717, 1.165) is 23.1 Å². The summed E-state index contributed by atoms with van der Waals surface area (Å²) in [5.41, 5.74) is 0.573. The number of thioether (sulfide) groups is 1. The van der Waals surface area contributed by atoms with E-state index in [1.165, 1.54) is 0 Å². The van der Waals surface area contributed by atoms with Gasteiger partial charge in [-0.25, -0.2) is 0 Å². The molecule has 0 bridgehead atoms. The van der Waals surface area contributed by atoms with Gasteiger partial charge in [-0.05, 0) is 44.7 Å². The first kappa shape index (κ1) is 28.4. The van der Waals surface area contributed by atoms with Crippen molar-refractivity contribution in [2.75, 3.05) is 31.1 Å². The SMILES string of the molecule is CCCCn1c(N2CCC(C(=O)OCC)CC2)c(/C=C2\SC(=S)N(CC(=O)O)C2=O)c(C)c(C#N)c1=O. The number of carbonyl (C=O) groups excluding carboxylic acids is 2. The van der Waals surface area contributed by atoms with Crippen molar-refractivity contribution in [3.8, 4) is 6.07 Å². The Morgan fingerprint density at radius 1 is 1.27 bits per heavy atom. The fourth-order valence-electron chi connectivity index (χ4n) is 4.50. The molecule has 2 aliphatic rings. The highest BCUT2D eigenvalue weighted by atomic mass is 32.2. The number of hydrogen-bond acceptors (Lipinski definition) is 9. The van der Waals surface area contributed by atoms with Crippen molar-refractivity contribution in [2.24, 2.45) is 5.92 Å². The lowest BCUT2D eigenvalue weighted by Gasteiger charge is -2.35. The maximum atomic E-state index is 13.4. The third-order valence-electron chi connectivity index (χ3n) is 6.44. The first-order valence-electron chi connectivity index (χ1n) is 12.2. The molecule has 3 rings (SSSR count). The van der Waals surface area contributed by atoms with E-state index in [1.54, 1.807) is 24.5 Å². The zero-order valence-corrected chi connectivity index (χ0v) is 22.7. The molecule has 198 valence electrons. The van der Waals surface area contributed by atoms with Crippen molar-refractivity contribution < 1.29 is 24.2 Å². The molecular formula is C25H30N4O6S2. The van der Waals surface area contributed by atoms with Gasteiger partial charge >= 0.3 is 11.9 Å². The zero-order chi connectivity index (χ0) is 27.3. The van der Waals surface area contributed by atoms with Crippen LogP contribution in [-0.4, -0.2) is 63.0 Å². The number of amides is 1. The van der Waals surface area contributed by atoms with Crippen LogP contribution in [0.4, 0.5) is 5.82 Å². The molecule has 0 aromatic carbocycles. The van der Waals surface area contributed by atoms with Gasteiger partial charge in [-0.15, -0.1) is 0 Å². The Hall–Kier alpha value is -3.17. The van der Waals surface area contributed by atoms with E-state index >= 15 is 0 Å². The van der Waals surface area contributed by atoms with Gasteiger partial charge in [-0.3, -0.25) is 28.6 Å². The molecule has 1 N–H and O–H groups in total. The number of hydrogen-bond donors (Lipinski definition) is 1. The fraction of sp³-hybridized carbons (Fsp3) is 0.520. The van der Waals surface area contributed by atoms with Crippen molar-refractivity contribution >= 4 is 58.0 Å². The average molecular weight is 547 g/mol. The van der Waals surface area contributed by atoms with Crippen molar-refractivity contribution in [2.45, 2.75) is 53.0 Å². The van der Waals surface area contributed by atoms with E-state index in [9.17, 15) is 24.4 Å². The van der Waals surface area contributed by atoms with Crippen molar-refractivity contribution in [3.63, 3.8) is 0 Å². The van der Waals surface area contributed by atoms with E-state index in [1.807, 2.05) is 17.9 Å². The molecule has 2 fully saturated rings. The van der Waals surface area contributed by atoms with E-state index in [-0.39, 0.29) is 26.7 Å². The molecule has 3 heterocycles. The van der Waals surface area contributed by atoms with Crippen LogP contribution in [0.25, 0.3) is 6.08 Å². The summed E-state index contributed by atoms with van der Waals surface area (Å²) in [7, 11) is 0. The second-order valence-corrected chi connectivity index (χ2v) is 10.5. The molecule has 37 heavy (non-hydrogen) atoms. The Bertz CT molecular complexity index is 1240. The summed E-state index contributed by atoms with van der Waals surface area (Å²) >= 11 is 6.22. The van der Waals surface area contributed by atoms with Gasteiger partial charge in [0.2, 0.25) is 0 Å². The minimum Gasteiger partial charge on any atom is -0.480 e. The van der Waals surface area contributed by atoms with Gasteiger partial charge in [0.05, 0.1) is 17.4 Å². The molecule has 0 spiro atoms. The van der Waals surface area contributed by atoms with Crippen molar-refractivity contribution in [1.29, 1.82) is 5.26 Å². The lowest BCUT2D eigenvalue weighted by atomic mass is 9.95. The number of aromatic nitrogens is 1. The van der Waals surface area contributed by atoms with Crippen LogP contribution >= 0.6 is 24.0 Å². The maximum Gasteiger partial charge on any atom is 0.323 e. The third-order valence-corrected chi connectivity index (χ3v) is 7.82. The second-order valence-electron chi connectivity index (χ2n) is 8.83. The highest BCUT2D eigenvalue weighted by Gasteiger charge is 2.35. The summed E-state index contributed by atoms with van der Waals surface area (Å²) in [5.74, 6) is -1.60. The molecule has 1 aromatic heterocycles. The molecule has 0 aliphatic carbocycles. The number of rotatable bonds is 9. The molecule has 10 nitrogen and oxygen atoms in total. The first-order chi connectivity index (χ1) is 17.6. The molecule has 12 heteroatoms. The summed E-state index contributed by atoms with van der Waals surface area (Å²) < 4.78 is 6.90. The number of esters is 1. The number of carboxylic acids is 1. The molecule has 2 saturated heterocycles. The number of anilines is 1. The Morgan fingerprint density at radius 2 is 1.95 bits per heavy atom. The number of unbranched alkanes of at least 4 members (excludes halogenated alkanes) is 1. The summed E-state index contributed by atoms with van der Waals surface area (Å²) in [6, 6.07) is 2.02. The van der Waals surface area contributed by atoms with Crippen LogP contribution in [0, 0.1) is 24.2 Å². The molecule has 1 amide bonds. The van der Waals surface area contributed by atoms with E-state index in [4.69, 9.17) is 22.1 Å². The number of nitriles is 1. The number of thiocarbonyl (C=S) groups is 1. The first-order valence-corrected chi connectivity index (χ1v) is 13.4. The zero-order valence-electron chi connectivity index (χ0n) is 21.1. The van der Waals surface area contributed by atoms with Gasteiger partial charge in [-0.1, -0.05) is 37.3 Å². The number of piperidine rings is 1. The standard InChI is InChI=1S/C25H30N4O6S2/c1-4-6-9-28-21(27-10-7-16(8-11-27)24(34)35-5-2)17(15(3)18(13-26)22(28)32)12-19-23(33)29(14-20(30)31)25(36)37-19/h12,16H,4-11,14H2,1-3H3,(H,30,31)/b19-12-. The monoisotopic (exact) mass is 546 g/mol. The maximum absolute atomic E-state index is 13.4.